The number of rotatable bonds is 5. The normalized spacial score (nSPS) is 18.1. The summed E-state index contributed by atoms with van der Waals surface area (Å²) in [4.78, 5) is 3.94. The molecule has 1 aromatic rings. The molecular formula is C13H19FN2. The molecule has 0 amide bonds. The summed E-state index contributed by atoms with van der Waals surface area (Å²) in [5.41, 5.74) is 0.998. The largest absolute Gasteiger partial charge is 0.310 e. The van der Waals surface area contributed by atoms with Crippen molar-refractivity contribution in [3.05, 3.63) is 29.8 Å². The fourth-order valence-electron chi connectivity index (χ4n) is 2.23. The monoisotopic (exact) mass is 222 g/mol. The Morgan fingerprint density at radius 3 is 2.88 bits per heavy atom. The molecule has 0 spiro atoms. The van der Waals surface area contributed by atoms with Crippen LogP contribution in [0.5, 0.6) is 0 Å². The molecule has 0 radical (unpaired) electrons. The average Bonchev–Trinajstić information content (AvgIpc) is 2.21. The fraction of sp³-hybridized carbons (Fsp3) is 0.615. The van der Waals surface area contributed by atoms with E-state index >= 15 is 0 Å². The summed E-state index contributed by atoms with van der Waals surface area (Å²) in [6.07, 6.45) is 7.95. The van der Waals surface area contributed by atoms with Gasteiger partial charge in [0.25, 0.3) is 0 Å². The van der Waals surface area contributed by atoms with E-state index in [2.05, 4.69) is 17.2 Å². The van der Waals surface area contributed by atoms with Crippen LogP contribution in [0, 0.1) is 11.7 Å². The van der Waals surface area contributed by atoms with Crippen LogP contribution in [0.3, 0.4) is 0 Å². The zero-order valence-corrected chi connectivity index (χ0v) is 9.75. The van der Waals surface area contributed by atoms with Crippen molar-refractivity contribution in [3.63, 3.8) is 0 Å². The molecule has 2 nitrogen and oxygen atoms in total. The van der Waals surface area contributed by atoms with Crippen LogP contribution < -0.4 is 5.32 Å². The SMILES string of the molecule is CCCNC(c1cncc(F)c1)C1CCC1. The number of hydrogen-bond donors (Lipinski definition) is 1. The summed E-state index contributed by atoms with van der Waals surface area (Å²) >= 11 is 0. The Bertz CT molecular complexity index is 336. The highest BCUT2D eigenvalue weighted by Gasteiger charge is 2.28. The summed E-state index contributed by atoms with van der Waals surface area (Å²) < 4.78 is 13.1. The van der Waals surface area contributed by atoms with E-state index in [1.54, 1.807) is 12.3 Å². The number of aromatic nitrogens is 1. The maximum Gasteiger partial charge on any atom is 0.141 e. The molecule has 88 valence electrons. The van der Waals surface area contributed by atoms with Gasteiger partial charge in [-0.3, -0.25) is 4.98 Å². The Hall–Kier alpha value is -0.960. The highest BCUT2D eigenvalue weighted by molar-refractivity contribution is 5.17. The number of halogens is 1. The first-order valence-corrected chi connectivity index (χ1v) is 6.15. The van der Waals surface area contributed by atoms with Gasteiger partial charge in [0.15, 0.2) is 0 Å². The minimum absolute atomic E-state index is 0.236. The topological polar surface area (TPSA) is 24.9 Å². The van der Waals surface area contributed by atoms with Gasteiger partial charge in [0, 0.05) is 12.2 Å². The van der Waals surface area contributed by atoms with Crippen LogP contribution in [0.1, 0.15) is 44.2 Å². The van der Waals surface area contributed by atoms with Gasteiger partial charge in [0.1, 0.15) is 5.82 Å². The van der Waals surface area contributed by atoms with Crippen molar-refractivity contribution in [2.24, 2.45) is 5.92 Å². The average molecular weight is 222 g/mol. The maximum atomic E-state index is 13.1. The van der Waals surface area contributed by atoms with Crippen LogP contribution in [-0.2, 0) is 0 Å². The molecule has 1 N–H and O–H groups in total. The lowest BCUT2D eigenvalue weighted by Crippen LogP contribution is -2.32. The summed E-state index contributed by atoms with van der Waals surface area (Å²) in [6.45, 7) is 3.13. The molecule has 2 rings (SSSR count). The van der Waals surface area contributed by atoms with Crippen molar-refractivity contribution >= 4 is 0 Å². The smallest absolute Gasteiger partial charge is 0.141 e. The number of hydrogen-bond acceptors (Lipinski definition) is 2. The third-order valence-corrected chi connectivity index (χ3v) is 3.32. The molecule has 1 aromatic heterocycles. The number of nitrogens with one attached hydrogen (secondary N) is 1. The molecule has 0 aromatic carbocycles. The van der Waals surface area contributed by atoms with Crippen LogP contribution in [0.4, 0.5) is 4.39 Å². The van der Waals surface area contributed by atoms with E-state index < -0.39 is 0 Å². The van der Waals surface area contributed by atoms with Crippen LogP contribution in [-0.4, -0.2) is 11.5 Å². The lowest BCUT2D eigenvalue weighted by Gasteiger charge is -2.34. The standard InChI is InChI=1S/C13H19FN2/c1-2-6-16-13(10-4-3-5-10)11-7-12(14)9-15-8-11/h7-10,13,16H,2-6H2,1H3. The molecule has 1 saturated carbocycles. The Morgan fingerprint density at radius 2 is 2.31 bits per heavy atom. The number of nitrogens with zero attached hydrogens (tertiary/aromatic N) is 1. The summed E-state index contributed by atoms with van der Waals surface area (Å²) in [5, 5.41) is 3.51. The van der Waals surface area contributed by atoms with E-state index in [1.165, 1.54) is 25.5 Å². The van der Waals surface area contributed by atoms with Crippen molar-refractivity contribution in [2.45, 2.75) is 38.6 Å². The van der Waals surface area contributed by atoms with Gasteiger partial charge in [-0.25, -0.2) is 4.39 Å². The highest BCUT2D eigenvalue weighted by Crippen LogP contribution is 2.37. The molecule has 1 aliphatic rings. The van der Waals surface area contributed by atoms with Crippen molar-refractivity contribution in [1.29, 1.82) is 0 Å². The first-order chi connectivity index (χ1) is 7.81. The van der Waals surface area contributed by atoms with Gasteiger partial charge >= 0.3 is 0 Å². The zero-order chi connectivity index (χ0) is 11.4. The molecule has 1 atom stereocenters. The van der Waals surface area contributed by atoms with Crippen LogP contribution in [0.25, 0.3) is 0 Å². The van der Waals surface area contributed by atoms with Crippen molar-refractivity contribution < 1.29 is 4.39 Å². The second kappa shape index (κ2) is 5.39. The van der Waals surface area contributed by atoms with Gasteiger partial charge in [-0.1, -0.05) is 13.3 Å². The Labute approximate surface area is 96.3 Å². The van der Waals surface area contributed by atoms with E-state index in [0.717, 1.165) is 18.5 Å². The van der Waals surface area contributed by atoms with E-state index in [0.29, 0.717) is 5.92 Å². The van der Waals surface area contributed by atoms with Crippen molar-refractivity contribution in [3.8, 4) is 0 Å². The fourth-order valence-corrected chi connectivity index (χ4v) is 2.23. The molecule has 1 heterocycles. The van der Waals surface area contributed by atoms with Crippen molar-refractivity contribution in [2.75, 3.05) is 6.54 Å². The summed E-state index contributed by atoms with van der Waals surface area (Å²) in [7, 11) is 0. The minimum Gasteiger partial charge on any atom is -0.310 e. The second-order valence-electron chi connectivity index (χ2n) is 4.56. The Morgan fingerprint density at radius 1 is 1.50 bits per heavy atom. The Balaban J connectivity index is 2.10. The number of pyridine rings is 1. The predicted molar refractivity (Wildman–Crippen MR) is 62.6 cm³/mol. The van der Waals surface area contributed by atoms with Gasteiger partial charge in [0.2, 0.25) is 0 Å². The van der Waals surface area contributed by atoms with Gasteiger partial charge in [0.05, 0.1) is 6.20 Å². The molecule has 16 heavy (non-hydrogen) atoms. The minimum atomic E-state index is -0.236. The molecule has 0 saturated heterocycles. The lowest BCUT2D eigenvalue weighted by molar-refractivity contribution is 0.230. The van der Waals surface area contributed by atoms with Gasteiger partial charge in [-0.2, -0.15) is 0 Å². The first kappa shape index (κ1) is 11.5. The maximum absolute atomic E-state index is 13.1. The van der Waals surface area contributed by atoms with E-state index in [-0.39, 0.29) is 11.9 Å². The third kappa shape index (κ3) is 2.59. The summed E-state index contributed by atoms with van der Waals surface area (Å²) in [5.74, 6) is 0.426. The van der Waals surface area contributed by atoms with Crippen LogP contribution in [0.15, 0.2) is 18.5 Å². The molecule has 1 unspecified atom stereocenters. The lowest BCUT2D eigenvalue weighted by atomic mass is 9.77. The second-order valence-corrected chi connectivity index (χ2v) is 4.56. The highest BCUT2D eigenvalue weighted by atomic mass is 19.1. The zero-order valence-electron chi connectivity index (χ0n) is 9.75. The van der Waals surface area contributed by atoms with E-state index in [1.807, 2.05) is 0 Å². The van der Waals surface area contributed by atoms with E-state index in [4.69, 9.17) is 0 Å². The van der Waals surface area contributed by atoms with Crippen LogP contribution in [0.2, 0.25) is 0 Å². The quantitative estimate of drug-likeness (QED) is 0.828. The molecule has 0 bridgehead atoms. The van der Waals surface area contributed by atoms with Crippen LogP contribution >= 0.6 is 0 Å². The van der Waals surface area contributed by atoms with E-state index in [9.17, 15) is 4.39 Å². The third-order valence-electron chi connectivity index (χ3n) is 3.32. The summed E-state index contributed by atoms with van der Waals surface area (Å²) in [6, 6.07) is 1.90. The molecular weight excluding hydrogens is 203 g/mol. The Kier molecular flexibility index (Phi) is 3.88. The predicted octanol–water partition coefficient (Wildman–Crippen LogP) is 3.06. The first-order valence-electron chi connectivity index (χ1n) is 6.15. The molecule has 1 fully saturated rings. The molecule has 3 heteroatoms. The van der Waals surface area contributed by atoms with Gasteiger partial charge < -0.3 is 5.32 Å². The van der Waals surface area contributed by atoms with Crippen molar-refractivity contribution in [1.82, 2.24) is 10.3 Å². The molecule has 1 aliphatic carbocycles. The molecule has 0 aliphatic heterocycles. The van der Waals surface area contributed by atoms with Gasteiger partial charge in [-0.05, 0) is 43.4 Å². The van der Waals surface area contributed by atoms with Gasteiger partial charge in [-0.15, -0.1) is 0 Å².